The quantitative estimate of drug-likeness (QED) is 0.648. The maximum atomic E-state index is 13.0. The number of rotatable bonds is 4. The number of nitrogens with zero attached hydrogens (tertiary/aromatic N) is 5. The average molecular weight is 454 g/mol. The summed E-state index contributed by atoms with van der Waals surface area (Å²) in [5.41, 5.74) is -0.533. The zero-order valence-corrected chi connectivity index (χ0v) is 17.3. The fourth-order valence-electron chi connectivity index (χ4n) is 3.32. The number of amides is 2. The van der Waals surface area contributed by atoms with E-state index in [1.165, 1.54) is 35.7 Å². The van der Waals surface area contributed by atoms with Crippen LogP contribution in [0, 0.1) is 0 Å². The molecule has 0 radical (unpaired) electrons. The number of anilines is 1. The van der Waals surface area contributed by atoms with Crippen molar-refractivity contribution in [1.82, 2.24) is 24.8 Å². The van der Waals surface area contributed by atoms with Crippen LogP contribution >= 0.6 is 0 Å². The van der Waals surface area contributed by atoms with Crippen molar-refractivity contribution >= 4 is 32.6 Å². The van der Waals surface area contributed by atoms with Gasteiger partial charge in [0.15, 0.2) is 15.7 Å². The van der Waals surface area contributed by atoms with E-state index in [4.69, 9.17) is 0 Å². The Bertz CT molecular complexity index is 1300. The molecule has 0 spiro atoms. The summed E-state index contributed by atoms with van der Waals surface area (Å²) in [5, 5.41) is 2.63. The number of nitrogens with one attached hydrogen (secondary N) is 1. The minimum atomic E-state index is -4.64. The van der Waals surface area contributed by atoms with Gasteiger partial charge in [0.05, 0.1) is 39.8 Å². The first-order valence-electron chi connectivity index (χ1n) is 9.21. The lowest BCUT2D eigenvalue weighted by molar-refractivity contribution is -0.141. The standard InChI is InChI=1S/C18H17F3N6O3S/c1-3-31(29,30)13-6-10(27-5-4-22-17(27)28)8-24-15(13)16-25-11-7-14(18(19,20)21)23-9-12(11)26(16)2/h6-9H,3-5H2,1-2H3,(H,22,28). The molecule has 1 N–H and O–H groups in total. The molecule has 2 amide bonds. The molecule has 1 saturated heterocycles. The Morgan fingerprint density at radius 1 is 1.19 bits per heavy atom. The Morgan fingerprint density at radius 2 is 1.94 bits per heavy atom. The Morgan fingerprint density at radius 3 is 2.55 bits per heavy atom. The smallest absolute Gasteiger partial charge is 0.336 e. The summed E-state index contributed by atoms with van der Waals surface area (Å²) >= 11 is 0. The van der Waals surface area contributed by atoms with Crippen LogP contribution in [0.5, 0.6) is 0 Å². The molecule has 0 bridgehead atoms. The summed E-state index contributed by atoms with van der Waals surface area (Å²) in [6.45, 7) is 2.22. The number of halogens is 3. The predicted molar refractivity (Wildman–Crippen MR) is 105 cm³/mol. The topological polar surface area (TPSA) is 110 Å². The number of hydrogen-bond donors (Lipinski definition) is 1. The second-order valence-electron chi connectivity index (χ2n) is 6.88. The summed E-state index contributed by atoms with van der Waals surface area (Å²) in [7, 11) is -2.27. The first-order chi connectivity index (χ1) is 14.5. The molecular formula is C18H17F3N6O3S. The van der Waals surface area contributed by atoms with E-state index in [0.29, 0.717) is 18.8 Å². The lowest BCUT2D eigenvalue weighted by Crippen LogP contribution is -2.28. The lowest BCUT2D eigenvalue weighted by Gasteiger charge is -2.16. The third-order valence-corrected chi connectivity index (χ3v) is 6.73. The molecule has 4 heterocycles. The molecule has 1 aliphatic heterocycles. The Kier molecular flexibility index (Phi) is 4.87. The normalized spacial score (nSPS) is 15.0. The molecule has 3 aromatic heterocycles. The molecule has 31 heavy (non-hydrogen) atoms. The van der Waals surface area contributed by atoms with Crippen LogP contribution in [-0.4, -0.2) is 52.8 Å². The highest BCUT2D eigenvalue weighted by Gasteiger charge is 2.33. The van der Waals surface area contributed by atoms with Crippen molar-refractivity contribution in [3.8, 4) is 11.5 Å². The summed E-state index contributed by atoms with van der Waals surface area (Å²) in [4.78, 5) is 25.1. The van der Waals surface area contributed by atoms with Crippen LogP contribution in [0.25, 0.3) is 22.6 Å². The van der Waals surface area contributed by atoms with Crippen molar-refractivity contribution in [2.24, 2.45) is 7.05 Å². The van der Waals surface area contributed by atoms with Crippen molar-refractivity contribution in [1.29, 1.82) is 0 Å². The molecule has 0 aliphatic carbocycles. The zero-order valence-electron chi connectivity index (χ0n) is 16.4. The number of hydrogen-bond acceptors (Lipinski definition) is 6. The largest absolute Gasteiger partial charge is 0.433 e. The number of carbonyl (C=O) groups is 1. The van der Waals surface area contributed by atoms with Gasteiger partial charge in [-0.25, -0.2) is 28.2 Å². The molecular weight excluding hydrogens is 437 g/mol. The van der Waals surface area contributed by atoms with Gasteiger partial charge in [-0.15, -0.1) is 0 Å². The highest BCUT2D eigenvalue weighted by molar-refractivity contribution is 7.91. The number of pyridine rings is 2. The van der Waals surface area contributed by atoms with E-state index in [0.717, 1.165) is 12.3 Å². The van der Waals surface area contributed by atoms with Gasteiger partial charge in [0.1, 0.15) is 11.4 Å². The molecule has 0 atom stereocenters. The second kappa shape index (κ2) is 7.18. The van der Waals surface area contributed by atoms with Crippen molar-refractivity contribution in [3.05, 3.63) is 30.2 Å². The fraction of sp³-hybridized carbons (Fsp3) is 0.333. The summed E-state index contributed by atoms with van der Waals surface area (Å²) < 4.78 is 66.1. The van der Waals surface area contributed by atoms with Crippen LogP contribution in [0.15, 0.2) is 29.4 Å². The molecule has 9 nitrogen and oxygen atoms in total. The number of imidazole rings is 1. The van der Waals surface area contributed by atoms with Crippen molar-refractivity contribution in [2.45, 2.75) is 18.0 Å². The second-order valence-corrected chi connectivity index (χ2v) is 9.12. The number of carbonyl (C=O) groups excluding carboxylic acids is 1. The van der Waals surface area contributed by atoms with Gasteiger partial charge in [0.2, 0.25) is 0 Å². The van der Waals surface area contributed by atoms with E-state index in [9.17, 15) is 26.4 Å². The van der Waals surface area contributed by atoms with E-state index in [2.05, 4.69) is 20.3 Å². The molecule has 3 aromatic rings. The van der Waals surface area contributed by atoms with Crippen molar-refractivity contribution in [2.75, 3.05) is 23.7 Å². The van der Waals surface area contributed by atoms with Crippen LogP contribution in [0.2, 0.25) is 0 Å². The van der Waals surface area contributed by atoms with E-state index >= 15 is 0 Å². The van der Waals surface area contributed by atoms with Crippen LogP contribution in [0.1, 0.15) is 12.6 Å². The first-order valence-corrected chi connectivity index (χ1v) is 10.9. The van der Waals surface area contributed by atoms with E-state index in [1.807, 2.05) is 0 Å². The third kappa shape index (κ3) is 3.58. The van der Waals surface area contributed by atoms with Crippen LogP contribution in [0.4, 0.5) is 23.7 Å². The predicted octanol–water partition coefficient (Wildman–Crippen LogP) is 2.37. The van der Waals surface area contributed by atoms with Gasteiger partial charge in [-0.1, -0.05) is 6.92 Å². The number of sulfone groups is 1. The Balaban J connectivity index is 1.92. The number of alkyl halides is 3. The number of aromatic nitrogens is 4. The molecule has 0 saturated carbocycles. The zero-order chi connectivity index (χ0) is 22.6. The van der Waals surface area contributed by atoms with Gasteiger partial charge >= 0.3 is 12.2 Å². The maximum Gasteiger partial charge on any atom is 0.433 e. The SMILES string of the molecule is CCS(=O)(=O)c1cc(N2CCNC2=O)cnc1-c1nc2cc(C(F)(F)F)ncc2n1C. The fourth-order valence-corrected chi connectivity index (χ4v) is 4.37. The highest BCUT2D eigenvalue weighted by atomic mass is 32.2. The minimum Gasteiger partial charge on any atom is -0.336 e. The van der Waals surface area contributed by atoms with Crippen molar-refractivity contribution in [3.63, 3.8) is 0 Å². The monoisotopic (exact) mass is 454 g/mol. The number of aryl methyl sites for hydroxylation is 1. The molecule has 0 unspecified atom stereocenters. The summed E-state index contributed by atoms with van der Waals surface area (Å²) in [6, 6.07) is 1.77. The maximum absolute atomic E-state index is 13.0. The highest BCUT2D eigenvalue weighted by Crippen LogP contribution is 2.33. The van der Waals surface area contributed by atoms with Crippen LogP contribution in [0.3, 0.4) is 0 Å². The molecule has 13 heteroatoms. The van der Waals surface area contributed by atoms with E-state index in [1.54, 1.807) is 0 Å². The third-order valence-electron chi connectivity index (χ3n) is 4.99. The molecule has 4 rings (SSSR count). The number of urea groups is 1. The Labute approximate surface area is 174 Å². The summed E-state index contributed by atoms with van der Waals surface area (Å²) in [6.07, 6.45) is -2.27. The first kappa shape index (κ1) is 21.0. The van der Waals surface area contributed by atoms with Gasteiger partial charge in [0, 0.05) is 20.1 Å². The Hall–Kier alpha value is -3.22. The summed E-state index contributed by atoms with van der Waals surface area (Å²) in [5.74, 6) is -0.165. The van der Waals surface area contributed by atoms with E-state index < -0.39 is 21.7 Å². The molecule has 1 fully saturated rings. The molecule has 0 aromatic carbocycles. The van der Waals surface area contributed by atoms with Crippen LogP contribution < -0.4 is 10.2 Å². The van der Waals surface area contributed by atoms with Gasteiger partial charge in [-0.3, -0.25) is 4.90 Å². The van der Waals surface area contributed by atoms with E-state index in [-0.39, 0.29) is 39.2 Å². The van der Waals surface area contributed by atoms with Gasteiger partial charge in [0.25, 0.3) is 0 Å². The van der Waals surface area contributed by atoms with Crippen molar-refractivity contribution < 1.29 is 26.4 Å². The molecule has 164 valence electrons. The average Bonchev–Trinajstić information content (AvgIpc) is 3.30. The lowest BCUT2D eigenvalue weighted by atomic mass is 10.3. The number of fused-ring (bicyclic) bond motifs is 1. The minimum absolute atomic E-state index is 0.00414. The van der Waals surface area contributed by atoms with Crippen LogP contribution in [-0.2, 0) is 23.1 Å². The van der Waals surface area contributed by atoms with Gasteiger partial charge < -0.3 is 9.88 Å². The molecule has 1 aliphatic rings. The van der Waals surface area contributed by atoms with Gasteiger partial charge in [-0.2, -0.15) is 13.2 Å². The van der Waals surface area contributed by atoms with Gasteiger partial charge in [-0.05, 0) is 12.1 Å².